The Kier molecular flexibility index (Phi) is 3.82. The molecule has 1 fully saturated rings. The van der Waals surface area contributed by atoms with Crippen molar-refractivity contribution in [1.29, 1.82) is 0 Å². The number of hydrogen-bond donors (Lipinski definition) is 0. The van der Waals surface area contributed by atoms with Crippen LogP contribution in [0.1, 0.15) is 34.6 Å². The lowest BCUT2D eigenvalue weighted by atomic mass is 9.78. The molecule has 1 rings (SSSR count). The summed E-state index contributed by atoms with van der Waals surface area (Å²) < 4.78 is 11.8. The van der Waals surface area contributed by atoms with Crippen LogP contribution in [0.5, 0.6) is 0 Å². The maximum Gasteiger partial charge on any atom is 0.494 e. The van der Waals surface area contributed by atoms with Crippen LogP contribution in [0.3, 0.4) is 0 Å². The molecule has 0 saturated carbocycles. The summed E-state index contributed by atoms with van der Waals surface area (Å²) in [6.07, 6.45) is 7.67. The fraction of sp³-hybridized carbons (Fsp3) is 0.538. The number of hydrogen-bond acceptors (Lipinski definition) is 2. The summed E-state index contributed by atoms with van der Waals surface area (Å²) in [5, 5.41) is 0. The third-order valence-corrected chi connectivity index (χ3v) is 3.24. The van der Waals surface area contributed by atoms with E-state index in [1.807, 2.05) is 52.8 Å². The third-order valence-electron chi connectivity index (χ3n) is 3.24. The molecule has 3 heteroatoms. The molecule has 1 saturated heterocycles. The van der Waals surface area contributed by atoms with E-state index in [4.69, 9.17) is 9.31 Å². The lowest BCUT2D eigenvalue weighted by Gasteiger charge is -2.32. The first-order valence-electron chi connectivity index (χ1n) is 5.65. The monoisotopic (exact) mass is 220 g/mol. The SMILES string of the molecule is C=C/C(=C\C=C/C)B1OC(C)(C)C(C)(C)O1. The van der Waals surface area contributed by atoms with Crippen LogP contribution in [0.2, 0.25) is 0 Å². The van der Waals surface area contributed by atoms with Crippen LogP contribution in [0.15, 0.2) is 36.4 Å². The number of allylic oxidation sites excluding steroid dienone is 5. The van der Waals surface area contributed by atoms with E-state index in [1.54, 1.807) is 6.08 Å². The van der Waals surface area contributed by atoms with E-state index in [1.165, 1.54) is 0 Å². The van der Waals surface area contributed by atoms with Crippen LogP contribution < -0.4 is 0 Å². The Morgan fingerprint density at radius 3 is 2.00 bits per heavy atom. The van der Waals surface area contributed by atoms with Crippen molar-refractivity contribution in [3.63, 3.8) is 0 Å². The zero-order valence-electron chi connectivity index (χ0n) is 10.9. The highest BCUT2D eigenvalue weighted by atomic mass is 16.7. The van der Waals surface area contributed by atoms with Gasteiger partial charge in [-0.3, -0.25) is 0 Å². The minimum absolute atomic E-state index is 0.296. The van der Waals surface area contributed by atoms with Gasteiger partial charge in [-0.05, 0) is 40.1 Å². The molecule has 0 aliphatic carbocycles. The second-order valence-corrected chi connectivity index (χ2v) is 4.98. The summed E-state index contributed by atoms with van der Waals surface area (Å²) in [5.41, 5.74) is 0.363. The Bertz CT molecular complexity index is 311. The quantitative estimate of drug-likeness (QED) is 0.536. The minimum atomic E-state index is -0.321. The molecule has 16 heavy (non-hydrogen) atoms. The molecule has 88 valence electrons. The van der Waals surface area contributed by atoms with E-state index in [0.717, 1.165) is 5.47 Å². The van der Waals surface area contributed by atoms with Gasteiger partial charge in [0.15, 0.2) is 0 Å². The van der Waals surface area contributed by atoms with Crippen molar-refractivity contribution in [3.05, 3.63) is 36.4 Å². The predicted molar refractivity (Wildman–Crippen MR) is 69.2 cm³/mol. The Labute approximate surface area is 99.2 Å². The second kappa shape index (κ2) is 4.60. The van der Waals surface area contributed by atoms with E-state index >= 15 is 0 Å². The van der Waals surface area contributed by atoms with Gasteiger partial charge in [-0.25, -0.2) is 0 Å². The highest BCUT2D eigenvalue weighted by molar-refractivity contribution is 6.55. The Morgan fingerprint density at radius 2 is 1.62 bits per heavy atom. The molecule has 0 aromatic carbocycles. The summed E-state index contributed by atoms with van der Waals surface area (Å²) in [5.74, 6) is 0. The largest absolute Gasteiger partial charge is 0.494 e. The second-order valence-electron chi connectivity index (χ2n) is 4.98. The Morgan fingerprint density at radius 1 is 1.12 bits per heavy atom. The lowest BCUT2D eigenvalue weighted by Crippen LogP contribution is -2.41. The summed E-state index contributed by atoms with van der Waals surface area (Å²) >= 11 is 0. The molecular formula is C13H21BO2. The van der Waals surface area contributed by atoms with Gasteiger partial charge in [0.1, 0.15) is 0 Å². The van der Waals surface area contributed by atoms with Crippen molar-refractivity contribution in [2.75, 3.05) is 0 Å². The summed E-state index contributed by atoms with van der Waals surface area (Å²) in [7, 11) is -0.321. The van der Waals surface area contributed by atoms with Crippen molar-refractivity contribution >= 4 is 7.12 Å². The molecule has 0 atom stereocenters. The summed E-state index contributed by atoms with van der Waals surface area (Å²) in [6, 6.07) is 0. The summed E-state index contributed by atoms with van der Waals surface area (Å²) in [4.78, 5) is 0. The van der Waals surface area contributed by atoms with E-state index in [0.29, 0.717) is 0 Å². The van der Waals surface area contributed by atoms with Gasteiger partial charge in [0.25, 0.3) is 0 Å². The molecule has 0 aromatic rings. The highest BCUT2D eigenvalue weighted by Crippen LogP contribution is 2.38. The molecule has 0 N–H and O–H groups in total. The molecule has 0 spiro atoms. The zero-order valence-corrected chi connectivity index (χ0v) is 10.9. The van der Waals surface area contributed by atoms with Gasteiger partial charge < -0.3 is 9.31 Å². The fourth-order valence-corrected chi connectivity index (χ4v) is 1.43. The first-order valence-corrected chi connectivity index (χ1v) is 5.65. The van der Waals surface area contributed by atoms with Crippen LogP contribution in [0.4, 0.5) is 0 Å². The maximum absolute atomic E-state index is 5.92. The molecule has 0 aromatic heterocycles. The predicted octanol–water partition coefficient (Wildman–Crippen LogP) is 3.31. The topological polar surface area (TPSA) is 18.5 Å². The average molecular weight is 220 g/mol. The van der Waals surface area contributed by atoms with Crippen molar-refractivity contribution in [3.8, 4) is 0 Å². The van der Waals surface area contributed by atoms with E-state index in [-0.39, 0.29) is 18.3 Å². The molecule has 0 unspecified atom stereocenters. The highest BCUT2D eigenvalue weighted by Gasteiger charge is 2.51. The van der Waals surface area contributed by atoms with Crippen molar-refractivity contribution in [1.82, 2.24) is 0 Å². The molecule has 2 nitrogen and oxygen atoms in total. The van der Waals surface area contributed by atoms with Crippen LogP contribution in [-0.2, 0) is 9.31 Å². The minimum Gasteiger partial charge on any atom is -0.399 e. The van der Waals surface area contributed by atoms with Crippen molar-refractivity contribution in [2.24, 2.45) is 0 Å². The van der Waals surface area contributed by atoms with Crippen molar-refractivity contribution in [2.45, 2.75) is 45.8 Å². The molecular weight excluding hydrogens is 199 g/mol. The normalized spacial score (nSPS) is 24.1. The molecule has 0 amide bonds. The smallest absolute Gasteiger partial charge is 0.399 e. The molecule has 1 aliphatic rings. The molecule has 1 aliphatic heterocycles. The first kappa shape index (κ1) is 13.3. The fourth-order valence-electron chi connectivity index (χ4n) is 1.43. The van der Waals surface area contributed by atoms with E-state index in [2.05, 4.69) is 6.58 Å². The Balaban J connectivity index is 2.90. The third kappa shape index (κ3) is 2.47. The van der Waals surface area contributed by atoms with Crippen LogP contribution in [0.25, 0.3) is 0 Å². The molecule has 0 radical (unpaired) electrons. The molecule has 0 bridgehead atoms. The number of rotatable bonds is 3. The van der Waals surface area contributed by atoms with Gasteiger partial charge in [0.2, 0.25) is 0 Å². The first-order chi connectivity index (χ1) is 7.34. The van der Waals surface area contributed by atoms with Gasteiger partial charge in [-0.15, -0.1) is 0 Å². The standard InChI is InChI=1S/C13H21BO2/c1-7-9-10-11(8-2)14-15-12(3,4)13(5,6)16-14/h7-10H,2H2,1,3-6H3/b9-7-,11-10+. The molecule has 1 heterocycles. The van der Waals surface area contributed by atoms with Crippen molar-refractivity contribution < 1.29 is 9.31 Å². The maximum atomic E-state index is 5.92. The van der Waals surface area contributed by atoms with Crippen LogP contribution in [0, 0.1) is 0 Å². The van der Waals surface area contributed by atoms with Gasteiger partial charge >= 0.3 is 7.12 Å². The van der Waals surface area contributed by atoms with E-state index in [9.17, 15) is 0 Å². The van der Waals surface area contributed by atoms with E-state index < -0.39 is 0 Å². The van der Waals surface area contributed by atoms with Gasteiger partial charge in [0, 0.05) is 0 Å². The zero-order chi connectivity index (χ0) is 12.4. The van der Waals surface area contributed by atoms with Gasteiger partial charge in [0.05, 0.1) is 11.2 Å². The van der Waals surface area contributed by atoms with Gasteiger partial charge in [-0.1, -0.05) is 30.9 Å². The lowest BCUT2D eigenvalue weighted by molar-refractivity contribution is 0.00578. The van der Waals surface area contributed by atoms with Crippen LogP contribution >= 0.6 is 0 Å². The van der Waals surface area contributed by atoms with Gasteiger partial charge in [-0.2, -0.15) is 0 Å². The summed E-state index contributed by atoms with van der Waals surface area (Å²) in [6.45, 7) is 13.9. The Hall–Kier alpha value is -0.795. The average Bonchev–Trinajstić information content (AvgIpc) is 2.37. The van der Waals surface area contributed by atoms with Crippen LogP contribution in [-0.4, -0.2) is 18.3 Å².